The summed E-state index contributed by atoms with van der Waals surface area (Å²) in [4.78, 5) is 15.7. The molecule has 110 valence electrons. The Kier molecular flexibility index (Phi) is 5.25. The Labute approximate surface area is 127 Å². The second-order valence-corrected chi connectivity index (χ2v) is 4.97. The van der Waals surface area contributed by atoms with Crippen LogP contribution in [0.4, 0.5) is 10.1 Å². The van der Waals surface area contributed by atoms with Crippen LogP contribution in [-0.4, -0.2) is 17.4 Å². The lowest BCUT2D eigenvalue weighted by atomic mass is 10.1. The first kappa shape index (κ1) is 15.4. The summed E-state index contributed by atoms with van der Waals surface area (Å²) in [5.74, 6) is -0.621. The number of aromatic nitrogens is 1. The lowest BCUT2D eigenvalue weighted by molar-refractivity contribution is -0.115. The van der Waals surface area contributed by atoms with Crippen molar-refractivity contribution in [1.29, 1.82) is 0 Å². The zero-order chi connectivity index (χ0) is 15.2. The minimum Gasteiger partial charge on any atom is -0.325 e. The number of amides is 1. The fourth-order valence-electron chi connectivity index (χ4n) is 1.79. The summed E-state index contributed by atoms with van der Waals surface area (Å²) in [5, 5.41) is 5.87. The molecule has 0 saturated carbocycles. The third-order valence-electron chi connectivity index (χ3n) is 2.98. The van der Waals surface area contributed by atoms with Crippen molar-refractivity contribution in [3.63, 3.8) is 0 Å². The van der Waals surface area contributed by atoms with Crippen LogP contribution in [0.25, 0.3) is 0 Å². The maximum atomic E-state index is 13.1. The molecule has 0 aliphatic carbocycles. The van der Waals surface area contributed by atoms with E-state index >= 15 is 0 Å². The Balaban J connectivity index is 1.87. The summed E-state index contributed by atoms with van der Waals surface area (Å²) in [6, 6.07) is 7.80. The first-order valence-corrected chi connectivity index (χ1v) is 6.82. The van der Waals surface area contributed by atoms with E-state index in [4.69, 9.17) is 11.6 Å². The highest BCUT2D eigenvalue weighted by Crippen LogP contribution is 2.20. The van der Waals surface area contributed by atoms with Crippen LogP contribution in [0.3, 0.4) is 0 Å². The van der Waals surface area contributed by atoms with Gasteiger partial charge in [0.15, 0.2) is 0 Å². The molecule has 0 radical (unpaired) electrons. The molecule has 0 saturated heterocycles. The van der Waals surface area contributed by atoms with E-state index in [-0.39, 0.29) is 23.5 Å². The van der Waals surface area contributed by atoms with Crippen molar-refractivity contribution >= 4 is 23.2 Å². The van der Waals surface area contributed by atoms with Crippen LogP contribution in [0.1, 0.15) is 18.5 Å². The largest absolute Gasteiger partial charge is 0.325 e. The standard InChI is InChI=1S/C15H15ClFN3O/c1-10(11-2-3-14(17)13(16)8-11)19-9-15(21)20-12-4-6-18-7-5-12/h2-8,10,19H,9H2,1H3,(H,18,20,21)/t10-/m1/s1. The van der Waals surface area contributed by atoms with E-state index < -0.39 is 5.82 Å². The molecule has 0 aliphatic heterocycles. The predicted octanol–water partition coefficient (Wildman–Crippen LogP) is 3.16. The summed E-state index contributed by atoms with van der Waals surface area (Å²) in [6.45, 7) is 2.02. The monoisotopic (exact) mass is 307 g/mol. The number of nitrogens with one attached hydrogen (secondary N) is 2. The quantitative estimate of drug-likeness (QED) is 0.892. The third kappa shape index (κ3) is 4.51. The third-order valence-corrected chi connectivity index (χ3v) is 3.27. The van der Waals surface area contributed by atoms with Crippen LogP contribution in [0.2, 0.25) is 5.02 Å². The summed E-state index contributed by atoms with van der Waals surface area (Å²) < 4.78 is 13.1. The van der Waals surface area contributed by atoms with E-state index in [2.05, 4.69) is 15.6 Å². The average molecular weight is 308 g/mol. The maximum Gasteiger partial charge on any atom is 0.238 e. The summed E-state index contributed by atoms with van der Waals surface area (Å²) in [6.07, 6.45) is 3.21. The molecule has 0 unspecified atom stereocenters. The van der Waals surface area contributed by atoms with Gasteiger partial charge in [0.1, 0.15) is 5.82 Å². The Morgan fingerprint density at radius 1 is 1.33 bits per heavy atom. The molecule has 1 aromatic carbocycles. The van der Waals surface area contributed by atoms with Crippen molar-refractivity contribution in [1.82, 2.24) is 10.3 Å². The molecule has 0 bridgehead atoms. The lowest BCUT2D eigenvalue weighted by Gasteiger charge is -2.14. The molecule has 0 fully saturated rings. The SMILES string of the molecule is C[C@@H](NCC(=O)Nc1ccncc1)c1ccc(F)c(Cl)c1. The molecule has 2 N–H and O–H groups in total. The lowest BCUT2D eigenvalue weighted by Crippen LogP contribution is -2.30. The van der Waals surface area contributed by atoms with Crippen LogP contribution in [0.5, 0.6) is 0 Å². The molecule has 2 rings (SSSR count). The van der Waals surface area contributed by atoms with Gasteiger partial charge in [-0.15, -0.1) is 0 Å². The fourth-order valence-corrected chi connectivity index (χ4v) is 1.97. The average Bonchev–Trinajstić information content (AvgIpc) is 2.48. The normalized spacial score (nSPS) is 12.0. The van der Waals surface area contributed by atoms with Crippen molar-refractivity contribution in [3.05, 3.63) is 59.1 Å². The van der Waals surface area contributed by atoms with Gasteiger partial charge in [0.05, 0.1) is 11.6 Å². The molecule has 1 aromatic heterocycles. The van der Waals surface area contributed by atoms with E-state index in [1.54, 1.807) is 36.7 Å². The molecule has 1 amide bonds. The number of carbonyl (C=O) groups is 1. The number of benzene rings is 1. The first-order valence-electron chi connectivity index (χ1n) is 6.44. The Morgan fingerprint density at radius 2 is 2.05 bits per heavy atom. The van der Waals surface area contributed by atoms with Gasteiger partial charge in [0, 0.05) is 24.1 Å². The molecule has 2 aromatic rings. The molecule has 1 heterocycles. The maximum absolute atomic E-state index is 13.1. The number of carbonyl (C=O) groups excluding carboxylic acids is 1. The van der Waals surface area contributed by atoms with E-state index in [1.807, 2.05) is 6.92 Å². The number of anilines is 1. The predicted molar refractivity (Wildman–Crippen MR) is 80.7 cm³/mol. The minimum atomic E-state index is -0.456. The smallest absolute Gasteiger partial charge is 0.238 e. The second-order valence-electron chi connectivity index (χ2n) is 4.56. The number of rotatable bonds is 5. The highest BCUT2D eigenvalue weighted by Gasteiger charge is 2.10. The van der Waals surface area contributed by atoms with Gasteiger partial charge in [0.2, 0.25) is 5.91 Å². The zero-order valence-electron chi connectivity index (χ0n) is 11.4. The molecule has 21 heavy (non-hydrogen) atoms. The van der Waals surface area contributed by atoms with E-state index in [1.165, 1.54) is 6.07 Å². The van der Waals surface area contributed by atoms with Crippen LogP contribution >= 0.6 is 11.6 Å². The van der Waals surface area contributed by atoms with Crippen molar-refractivity contribution in [2.24, 2.45) is 0 Å². The van der Waals surface area contributed by atoms with Crippen LogP contribution in [0, 0.1) is 5.82 Å². The highest BCUT2D eigenvalue weighted by atomic mass is 35.5. The Morgan fingerprint density at radius 3 is 2.71 bits per heavy atom. The molecule has 0 spiro atoms. The summed E-state index contributed by atoms with van der Waals surface area (Å²) in [7, 11) is 0. The molecule has 0 aliphatic rings. The van der Waals surface area contributed by atoms with E-state index in [9.17, 15) is 9.18 Å². The highest BCUT2D eigenvalue weighted by molar-refractivity contribution is 6.30. The molecular weight excluding hydrogens is 293 g/mol. The minimum absolute atomic E-state index is 0.0717. The van der Waals surface area contributed by atoms with Crippen molar-refractivity contribution in [3.8, 4) is 0 Å². The molecule has 6 heteroatoms. The van der Waals surface area contributed by atoms with E-state index in [0.717, 1.165) is 5.56 Å². The van der Waals surface area contributed by atoms with Gasteiger partial charge in [-0.3, -0.25) is 9.78 Å². The molecule has 1 atom stereocenters. The zero-order valence-corrected chi connectivity index (χ0v) is 12.2. The number of halogens is 2. The first-order chi connectivity index (χ1) is 10.1. The number of hydrogen-bond donors (Lipinski definition) is 2. The second kappa shape index (κ2) is 7.15. The van der Waals surface area contributed by atoms with Gasteiger partial charge in [-0.05, 0) is 36.8 Å². The van der Waals surface area contributed by atoms with Crippen molar-refractivity contribution in [2.75, 3.05) is 11.9 Å². The fraction of sp³-hybridized carbons (Fsp3) is 0.200. The van der Waals surface area contributed by atoms with Gasteiger partial charge in [-0.2, -0.15) is 0 Å². The van der Waals surface area contributed by atoms with Crippen LogP contribution < -0.4 is 10.6 Å². The van der Waals surface area contributed by atoms with Crippen LogP contribution in [0.15, 0.2) is 42.7 Å². The van der Waals surface area contributed by atoms with Gasteiger partial charge < -0.3 is 10.6 Å². The van der Waals surface area contributed by atoms with E-state index in [0.29, 0.717) is 5.69 Å². The summed E-state index contributed by atoms with van der Waals surface area (Å²) >= 11 is 5.74. The number of hydrogen-bond acceptors (Lipinski definition) is 3. The van der Waals surface area contributed by atoms with Gasteiger partial charge in [-0.1, -0.05) is 17.7 Å². The van der Waals surface area contributed by atoms with Gasteiger partial charge in [-0.25, -0.2) is 4.39 Å². The number of nitrogens with zero attached hydrogens (tertiary/aromatic N) is 1. The molecular formula is C15H15ClFN3O. The Bertz CT molecular complexity index is 622. The van der Waals surface area contributed by atoms with Crippen LogP contribution in [-0.2, 0) is 4.79 Å². The van der Waals surface area contributed by atoms with Gasteiger partial charge in [0.25, 0.3) is 0 Å². The van der Waals surface area contributed by atoms with Crippen molar-refractivity contribution < 1.29 is 9.18 Å². The molecule has 4 nitrogen and oxygen atoms in total. The summed E-state index contributed by atoms with van der Waals surface area (Å²) in [5.41, 5.74) is 1.51. The topological polar surface area (TPSA) is 54.0 Å². The van der Waals surface area contributed by atoms with Crippen molar-refractivity contribution in [2.45, 2.75) is 13.0 Å². The van der Waals surface area contributed by atoms with Gasteiger partial charge >= 0.3 is 0 Å². The Hall–Kier alpha value is -1.98. The number of pyridine rings is 1.